The van der Waals surface area contributed by atoms with E-state index in [1.54, 1.807) is 6.92 Å². The van der Waals surface area contributed by atoms with E-state index in [1.165, 1.54) is 13.0 Å². The van der Waals surface area contributed by atoms with Crippen LogP contribution in [0.4, 0.5) is 0 Å². The summed E-state index contributed by atoms with van der Waals surface area (Å²) in [5, 5.41) is 18.1. The summed E-state index contributed by atoms with van der Waals surface area (Å²) in [5.41, 5.74) is -1.19. The van der Waals surface area contributed by atoms with Crippen molar-refractivity contribution >= 4 is 5.97 Å². The van der Waals surface area contributed by atoms with Gasteiger partial charge in [0.25, 0.3) is 0 Å². The summed E-state index contributed by atoms with van der Waals surface area (Å²) in [4.78, 5) is 10.5. The molecule has 2 N–H and O–H groups in total. The van der Waals surface area contributed by atoms with Gasteiger partial charge in [0, 0.05) is 0 Å². The number of carboxylic acids is 1. The van der Waals surface area contributed by atoms with Gasteiger partial charge >= 0.3 is 5.97 Å². The molecule has 0 aromatic heterocycles. The zero-order chi connectivity index (χ0) is 9.07. The van der Waals surface area contributed by atoms with Gasteiger partial charge in [-0.2, -0.15) is 0 Å². The van der Waals surface area contributed by atoms with Crippen LogP contribution in [0, 0.1) is 5.92 Å². The molecule has 0 spiro atoms. The number of hydrogen-bond donors (Lipinski definition) is 2. The molecule has 0 rings (SSSR count). The highest BCUT2D eigenvalue weighted by molar-refractivity contribution is 5.73. The third-order valence-corrected chi connectivity index (χ3v) is 1.89. The van der Waals surface area contributed by atoms with Gasteiger partial charge in [0.2, 0.25) is 0 Å². The van der Waals surface area contributed by atoms with Crippen LogP contribution in [0.2, 0.25) is 0 Å². The van der Waals surface area contributed by atoms with Gasteiger partial charge in [-0.25, -0.2) is 0 Å². The van der Waals surface area contributed by atoms with E-state index in [0.29, 0.717) is 6.42 Å². The first-order valence-corrected chi connectivity index (χ1v) is 3.53. The van der Waals surface area contributed by atoms with Crippen LogP contribution in [0.5, 0.6) is 0 Å². The van der Waals surface area contributed by atoms with E-state index in [0.717, 1.165) is 0 Å². The minimum Gasteiger partial charge on any atom is -0.481 e. The summed E-state index contributed by atoms with van der Waals surface area (Å²) in [7, 11) is 0. The molecule has 3 nitrogen and oxygen atoms in total. The molecule has 0 unspecified atom stereocenters. The van der Waals surface area contributed by atoms with Crippen LogP contribution in [0.1, 0.15) is 20.3 Å². The zero-order valence-electron chi connectivity index (χ0n) is 6.87. The third kappa shape index (κ3) is 2.35. The third-order valence-electron chi connectivity index (χ3n) is 1.89. The summed E-state index contributed by atoms with van der Waals surface area (Å²) >= 11 is 0. The van der Waals surface area contributed by atoms with Gasteiger partial charge in [0.1, 0.15) is 5.92 Å². The Hall–Kier alpha value is -0.830. The number of carbonyl (C=O) groups is 1. The summed E-state index contributed by atoms with van der Waals surface area (Å²) in [6.45, 7) is 6.58. The number of rotatable bonds is 4. The smallest absolute Gasteiger partial charge is 0.313 e. The van der Waals surface area contributed by atoms with Crippen molar-refractivity contribution in [1.82, 2.24) is 0 Å². The van der Waals surface area contributed by atoms with Gasteiger partial charge in [0.15, 0.2) is 0 Å². The summed E-state index contributed by atoms with van der Waals surface area (Å²) in [5.74, 6) is -1.92. The fourth-order valence-corrected chi connectivity index (χ4v) is 0.841. The van der Waals surface area contributed by atoms with Crippen LogP contribution in [-0.4, -0.2) is 21.8 Å². The SMILES string of the molecule is C=C[C@H](C(=O)O)[C@@](C)(O)CC. The Morgan fingerprint density at radius 3 is 2.36 bits per heavy atom. The van der Waals surface area contributed by atoms with Crippen LogP contribution in [0.15, 0.2) is 12.7 Å². The molecule has 3 heteroatoms. The maximum absolute atomic E-state index is 10.5. The van der Waals surface area contributed by atoms with Crippen LogP contribution in [-0.2, 0) is 4.79 Å². The van der Waals surface area contributed by atoms with E-state index in [4.69, 9.17) is 5.11 Å². The molecule has 0 radical (unpaired) electrons. The summed E-state index contributed by atoms with van der Waals surface area (Å²) in [6.07, 6.45) is 1.65. The highest BCUT2D eigenvalue weighted by atomic mass is 16.4. The van der Waals surface area contributed by atoms with Crippen molar-refractivity contribution in [2.75, 3.05) is 0 Å². The van der Waals surface area contributed by atoms with Gasteiger partial charge in [-0.1, -0.05) is 13.0 Å². The van der Waals surface area contributed by atoms with Crippen molar-refractivity contribution < 1.29 is 15.0 Å². The van der Waals surface area contributed by atoms with E-state index in [2.05, 4.69) is 6.58 Å². The first-order valence-electron chi connectivity index (χ1n) is 3.53. The van der Waals surface area contributed by atoms with Crippen molar-refractivity contribution in [2.45, 2.75) is 25.9 Å². The number of aliphatic hydroxyl groups is 1. The van der Waals surface area contributed by atoms with Gasteiger partial charge in [-0.15, -0.1) is 6.58 Å². The fourth-order valence-electron chi connectivity index (χ4n) is 0.841. The lowest BCUT2D eigenvalue weighted by Crippen LogP contribution is -2.37. The maximum atomic E-state index is 10.5. The monoisotopic (exact) mass is 158 g/mol. The molecule has 2 atom stereocenters. The lowest BCUT2D eigenvalue weighted by molar-refractivity contribution is -0.147. The molecule has 0 amide bonds. The van der Waals surface area contributed by atoms with Crippen LogP contribution in [0.3, 0.4) is 0 Å². The predicted octanol–water partition coefficient (Wildman–Crippen LogP) is 1.03. The normalized spacial score (nSPS) is 18.5. The quantitative estimate of drug-likeness (QED) is 0.601. The predicted molar refractivity (Wildman–Crippen MR) is 42.2 cm³/mol. The largest absolute Gasteiger partial charge is 0.481 e. The second-order valence-electron chi connectivity index (χ2n) is 2.76. The molecular weight excluding hydrogens is 144 g/mol. The van der Waals surface area contributed by atoms with Gasteiger partial charge in [-0.05, 0) is 13.3 Å². The Bertz CT molecular complexity index is 161. The Kier molecular flexibility index (Phi) is 3.26. The van der Waals surface area contributed by atoms with Crippen molar-refractivity contribution in [3.8, 4) is 0 Å². The van der Waals surface area contributed by atoms with Crippen LogP contribution < -0.4 is 0 Å². The highest BCUT2D eigenvalue weighted by Gasteiger charge is 2.33. The van der Waals surface area contributed by atoms with E-state index >= 15 is 0 Å². The van der Waals surface area contributed by atoms with Gasteiger partial charge in [-0.3, -0.25) is 4.79 Å². The number of aliphatic carboxylic acids is 1. The Balaban J connectivity index is 4.48. The molecule has 0 heterocycles. The molecule has 11 heavy (non-hydrogen) atoms. The highest BCUT2D eigenvalue weighted by Crippen LogP contribution is 2.21. The molecule has 0 aliphatic heterocycles. The van der Waals surface area contributed by atoms with Crippen molar-refractivity contribution in [3.05, 3.63) is 12.7 Å². The molecule has 0 saturated heterocycles. The molecule has 0 aromatic rings. The molecule has 0 aromatic carbocycles. The van der Waals surface area contributed by atoms with Crippen LogP contribution >= 0.6 is 0 Å². The first-order chi connectivity index (χ1) is 4.95. The maximum Gasteiger partial charge on any atom is 0.313 e. The Labute approximate surface area is 66.4 Å². The molecule has 0 fully saturated rings. The topological polar surface area (TPSA) is 57.5 Å². The van der Waals surface area contributed by atoms with Gasteiger partial charge < -0.3 is 10.2 Å². The summed E-state index contributed by atoms with van der Waals surface area (Å²) in [6, 6.07) is 0. The molecule has 64 valence electrons. The van der Waals surface area contributed by atoms with E-state index in [-0.39, 0.29) is 0 Å². The molecular formula is C8H14O3. The fraction of sp³-hybridized carbons (Fsp3) is 0.625. The molecule has 0 aliphatic carbocycles. The van der Waals surface area contributed by atoms with Gasteiger partial charge in [0.05, 0.1) is 5.60 Å². The van der Waals surface area contributed by atoms with Crippen molar-refractivity contribution in [2.24, 2.45) is 5.92 Å². The first kappa shape index (κ1) is 10.2. The zero-order valence-corrected chi connectivity index (χ0v) is 6.87. The lowest BCUT2D eigenvalue weighted by Gasteiger charge is -2.25. The average Bonchev–Trinajstić information content (AvgIpc) is 1.88. The standard InChI is InChI=1S/C8H14O3/c1-4-6(7(9)10)8(3,11)5-2/h4,6,11H,1,5H2,2-3H3,(H,9,10)/t6-,8+/m1/s1. The molecule has 0 saturated carbocycles. The number of carboxylic acid groups (broad SMARTS) is 1. The second-order valence-corrected chi connectivity index (χ2v) is 2.76. The molecule has 0 bridgehead atoms. The Morgan fingerprint density at radius 1 is 1.82 bits per heavy atom. The minimum absolute atomic E-state index is 0.399. The Morgan fingerprint density at radius 2 is 2.27 bits per heavy atom. The lowest BCUT2D eigenvalue weighted by atomic mass is 9.87. The average molecular weight is 158 g/mol. The van der Waals surface area contributed by atoms with E-state index < -0.39 is 17.5 Å². The summed E-state index contributed by atoms with van der Waals surface area (Å²) < 4.78 is 0. The van der Waals surface area contributed by atoms with E-state index in [9.17, 15) is 9.90 Å². The van der Waals surface area contributed by atoms with Crippen molar-refractivity contribution in [3.63, 3.8) is 0 Å². The van der Waals surface area contributed by atoms with Crippen LogP contribution in [0.25, 0.3) is 0 Å². The van der Waals surface area contributed by atoms with E-state index in [1.807, 2.05) is 0 Å². The second kappa shape index (κ2) is 3.53. The number of hydrogen-bond acceptors (Lipinski definition) is 2. The minimum atomic E-state index is -1.19. The van der Waals surface area contributed by atoms with Crippen molar-refractivity contribution in [1.29, 1.82) is 0 Å². The molecule has 0 aliphatic rings.